The minimum absolute atomic E-state index is 0.101. The number of rotatable bonds is 6. The zero-order chi connectivity index (χ0) is 15.2. The zero-order valence-electron chi connectivity index (χ0n) is 10.2. The largest absolute Gasteiger partial charge is 0.419 e. The molecule has 0 aliphatic heterocycles. The number of nitrogens with two attached hydrogens (primary N) is 1. The zero-order valence-corrected chi connectivity index (χ0v) is 10.9. The number of halogens is 4. The molecule has 1 heterocycles. The van der Waals surface area contributed by atoms with E-state index in [2.05, 4.69) is 20.5 Å². The van der Waals surface area contributed by atoms with Crippen LogP contribution in [0, 0.1) is 0 Å². The highest BCUT2D eigenvalue weighted by Gasteiger charge is 2.32. The molecule has 0 fully saturated rings. The highest BCUT2D eigenvalue weighted by Crippen LogP contribution is 2.30. The van der Waals surface area contributed by atoms with E-state index in [0.717, 1.165) is 12.3 Å². The second-order valence-electron chi connectivity index (χ2n) is 3.70. The van der Waals surface area contributed by atoms with Crippen molar-refractivity contribution in [1.29, 1.82) is 0 Å². The van der Waals surface area contributed by atoms with Gasteiger partial charge in [0.15, 0.2) is 0 Å². The first-order chi connectivity index (χ1) is 9.34. The third-order valence-corrected chi connectivity index (χ3v) is 2.48. The van der Waals surface area contributed by atoms with E-state index in [1.54, 1.807) is 0 Å². The molecule has 6 nitrogen and oxygen atoms in total. The first kappa shape index (κ1) is 16.5. The van der Waals surface area contributed by atoms with Crippen LogP contribution in [0.15, 0.2) is 12.3 Å². The predicted octanol–water partition coefficient (Wildman–Crippen LogP) is 0.591. The average molecular weight is 314 g/mol. The summed E-state index contributed by atoms with van der Waals surface area (Å²) in [6, 6.07) is 0.807. The highest BCUT2D eigenvalue weighted by molar-refractivity contribution is 6.32. The first-order valence-electron chi connectivity index (χ1n) is 5.45. The summed E-state index contributed by atoms with van der Waals surface area (Å²) in [5, 5.41) is 5.11. The van der Waals surface area contributed by atoms with Crippen molar-refractivity contribution in [2.75, 3.05) is 25.0 Å². The molecule has 1 amide bonds. The highest BCUT2D eigenvalue weighted by atomic mass is 35.5. The number of alkyl halides is 3. The molecule has 1 rings (SSSR count). The quantitative estimate of drug-likeness (QED) is 0.529. The van der Waals surface area contributed by atoms with Crippen molar-refractivity contribution in [1.82, 2.24) is 5.32 Å². The Kier molecular flexibility index (Phi) is 5.99. The van der Waals surface area contributed by atoms with Gasteiger partial charge in [-0.1, -0.05) is 11.6 Å². The molecule has 0 aliphatic rings. The molecule has 0 saturated heterocycles. The van der Waals surface area contributed by atoms with Crippen molar-refractivity contribution in [3.8, 4) is 0 Å². The Morgan fingerprint density at radius 3 is 2.70 bits per heavy atom. The Morgan fingerprint density at radius 2 is 2.15 bits per heavy atom. The van der Waals surface area contributed by atoms with Gasteiger partial charge in [0.1, 0.15) is 24.4 Å². The molecule has 0 aromatic carbocycles. The lowest BCUT2D eigenvalue weighted by Crippen LogP contribution is -2.33. The molecule has 20 heavy (non-hydrogen) atoms. The van der Waals surface area contributed by atoms with Crippen LogP contribution >= 0.6 is 11.6 Å². The number of aromatic nitrogens is 1. The van der Waals surface area contributed by atoms with Crippen LogP contribution in [0.2, 0.25) is 5.02 Å². The Morgan fingerprint density at radius 1 is 1.45 bits per heavy atom. The fraction of sp³-hybridized carbons (Fsp3) is 0.400. The fourth-order valence-corrected chi connectivity index (χ4v) is 1.52. The summed E-state index contributed by atoms with van der Waals surface area (Å²) >= 11 is 5.71. The monoisotopic (exact) mass is 313 g/mol. The van der Waals surface area contributed by atoms with Gasteiger partial charge in [0, 0.05) is 0 Å². The normalized spacial score (nSPS) is 11.2. The molecule has 5 N–H and O–H groups in total. The number of anilines is 1. The molecule has 1 aromatic rings. The smallest absolute Gasteiger partial charge is 0.350 e. The van der Waals surface area contributed by atoms with Crippen molar-refractivity contribution in [2.24, 2.45) is 5.90 Å². The summed E-state index contributed by atoms with van der Waals surface area (Å²) < 4.78 is 37.2. The number of pyridine rings is 1. The van der Waals surface area contributed by atoms with Gasteiger partial charge in [0.2, 0.25) is 5.91 Å². The van der Waals surface area contributed by atoms with E-state index in [1.165, 1.54) is 0 Å². The van der Waals surface area contributed by atoms with Crippen LogP contribution < -0.4 is 21.5 Å². The van der Waals surface area contributed by atoms with E-state index < -0.39 is 17.6 Å². The Balaban J connectivity index is 2.47. The molecule has 1 aromatic heterocycles. The fourth-order valence-electron chi connectivity index (χ4n) is 1.28. The molecule has 0 spiro atoms. The van der Waals surface area contributed by atoms with Gasteiger partial charge < -0.3 is 5.32 Å². The van der Waals surface area contributed by atoms with Gasteiger partial charge in [0.05, 0.1) is 12.1 Å². The lowest BCUT2D eigenvalue weighted by atomic mass is 10.3. The van der Waals surface area contributed by atoms with Crippen molar-refractivity contribution < 1.29 is 27.8 Å². The summed E-state index contributed by atoms with van der Waals surface area (Å²) in [4.78, 5) is 17.5. The third-order valence-electron chi connectivity index (χ3n) is 2.18. The molecule has 0 bridgehead atoms. The van der Waals surface area contributed by atoms with Gasteiger partial charge in [-0.25, -0.2) is 10.9 Å². The maximum atomic E-state index is 12.4. The lowest BCUT2D eigenvalue weighted by molar-refractivity contribution is -0.364. The molecular formula is C10H13ClF3N4O2+. The lowest BCUT2D eigenvalue weighted by Gasteiger charge is -2.07. The SMILES string of the molecule is NOCC(=O)NCCNc1[nH+]cc(C(F)(F)F)cc1Cl. The van der Waals surface area contributed by atoms with E-state index in [1.807, 2.05) is 0 Å². The van der Waals surface area contributed by atoms with Crippen LogP contribution in [0.3, 0.4) is 0 Å². The van der Waals surface area contributed by atoms with Crippen LogP contribution in [0.1, 0.15) is 5.56 Å². The Labute approximate surface area is 117 Å². The number of aromatic amines is 1. The van der Waals surface area contributed by atoms with Gasteiger partial charge in [-0.3, -0.25) is 14.9 Å². The van der Waals surface area contributed by atoms with Crippen molar-refractivity contribution >= 4 is 23.3 Å². The van der Waals surface area contributed by atoms with E-state index in [9.17, 15) is 18.0 Å². The second kappa shape index (κ2) is 7.27. The molecule has 10 heteroatoms. The maximum absolute atomic E-state index is 12.4. The number of nitrogens with one attached hydrogen (secondary N) is 3. The number of amides is 1. The predicted molar refractivity (Wildman–Crippen MR) is 64.6 cm³/mol. The molecule has 0 atom stereocenters. The van der Waals surface area contributed by atoms with E-state index in [-0.39, 0.29) is 30.5 Å². The Hall–Kier alpha value is -1.58. The van der Waals surface area contributed by atoms with Crippen LogP contribution in [-0.4, -0.2) is 25.6 Å². The van der Waals surface area contributed by atoms with Crippen LogP contribution in [0.25, 0.3) is 0 Å². The average Bonchev–Trinajstić information content (AvgIpc) is 2.35. The van der Waals surface area contributed by atoms with Crippen LogP contribution in [-0.2, 0) is 15.8 Å². The number of carbonyl (C=O) groups is 1. The molecular weight excluding hydrogens is 301 g/mol. The van der Waals surface area contributed by atoms with Gasteiger partial charge in [0.25, 0.3) is 5.82 Å². The molecule has 0 radical (unpaired) electrons. The maximum Gasteiger partial charge on any atom is 0.419 e. The number of hydrogen-bond acceptors (Lipinski definition) is 4. The number of H-pyrrole nitrogens is 1. The summed E-state index contributed by atoms with van der Waals surface area (Å²) in [6.07, 6.45) is -3.66. The second-order valence-corrected chi connectivity index (χ2v) is 4.10. The first-order valence-corrected chi connectivity index (χ1v) is 5.83. The molecule has 0 unspecified atom stereocenters. The standard InChI is InChI=1S/C10H12ClF3N4O2/c11-7-3-6(10(12,13)14)4-18-9(7)17-2-1-16-8(19)5-20-15/h3-4H,1-2,5,15H2,(H,16,19)(H,17,18)/p+1. The van der Waals surface area contributed by atoms with E-state index >= 15 is 0 Å². The van der Waals surface area contributed by atoms with E-state index in [0.29, 0.717) is 0 Å². The minimum Gasteiger partial charge on any atom is -0.350 e. The van der Waals surface area contributed by atoms with Gasteiger partial charge in [-0.05, 0) is 6.07 Å². The summed E-state index contributed by atoms with van der Waals surface area (Å²) in [7, 11) is 0. The molecule has 112 valence electrons. The van der Waals surface area contributed by atoms with Crippen molar-refractivity contribution in [3.63, 3.8) is 0 Å². The van der Waals surface area contributed by atoms with Crippen molar-refractivity contribution in [3.05, 3.63) is 22.8 Å². The number of hydrogen-bond donors (Lipinski definition) is 3. The molecule has 0 saturated carbocycles. The third kappa shape index (κ3) is 5.19. The summed E-state index contributed by atoms with van der Waals surface area (Å²) in [5.41, 5.74) is -0.874. The topological polar surface area (TPSA) is 90.5 Å². The Bertz CT molecular complexity index is 470. The van der Waals surface area contributed by atoms with Crippen LogP contribution in [0.5, 0.6) is 0 Å². The van der Waals surface area contributed by atoms with Crippen molar-refractivity contribution in [2.45, 2.75) is 6.18 Å². The molecule has 0 aliphatic carbocycles. The van der Waals surface area contributed by atoms with Crippen LogP contribution in [0.4, 0.5) is 19.0 Å². The van der Waals surface area contributed by atoms with Gasteiger partial charge >= 0.3 is 6.18 Å². The number of carbonyl (C=O) groups excluding carboxylic acids is 1. The summed E-state index contributed by atoms with van der Waals surface area (Å²) in [6.45, 7) is 0.221. The summed E-state index contributed by atoms with van der Waals surface area (Å²) in [5.74, 6) is 4.52. The van der Waals surface area contributed by atoms with Gasteiger partial charge in [-0.15, -0.1) is 0 Å². The van der Waals surface area contributed by atoms with E-state index in [4.69, 9.17) is 17.5 Å². The minimum atomic E-state index is -4.46. The van der Waals surface area contributed by atoms with Gasteiger partial charge in [-0.2, -0.15) is 13.2 Å².